The first-order chi connectivity index (χ1) is 22.8. The molecule has 1 aliphatic heterocycles. The molecule has 0 spiro atoms. The molecule has 2 aromatic rings. The van der Waals surface area contributed by atoms with Crippen molar-refractivity contribution >= 4 is 21.6 Å². The zero-order valence-electron chi connectivity index (χ0n) is 27.0. The number of aromatic nitrogens is 2. The normalized spacial score (nSPS) is 20.0. The van der Waals surface area contributed by atoms with Crippen LogP contribution in [0.3, 0.4) is 0 Å². The Morgan fingerprint density at radius 2 is 1.67 bits per heavy atom. The highest BCUT2D eigenvalue weighted by molar-refractivity contribution is 7.61. The molecular weight excluding hydrogens is 672 g/mol. The molecule has 3 unspecified atom stereocenters. The Hall–Kier alpha value is -3.10. The average Bonchev–Trinajstić information content (AvgIpc) is 3.43. The van der Waals surface area contributed by atoms with Crippen LogP contribution in [0.4, 0.5) is 0 Å². The van der Waals surface area contributed by atoms with E-state index in [0.29, 0.717) is 12.0 Å². The second-order valence-electron chi connectivity index (χ2n) is 11.4. The van der Waals surface area contributed by atoms with Gasteiger partial charge in [0.2, 0.25) is 0 Å². The van der Waals surface area contributed by atoms with Crippen molar-refractivity contribution in [2.24, 2.45) is 5.11 Å². The maximum Gasteiger partial charge on any atom is 0.481 e. The largest absolute Gasteiger partial charge is 0.481 e. The van der Waals surface area contributed by atoms with Crippen LogP contribution in [0.5, 0.6) is 5.75 Å². The van der Waals surface area contributed by atoms with Crippen LogP contribution in [0.25, 0.3) is 10.4 Å². The molecular formula is C29H43N5O12P2. The Bertz CT molecular complexity index is 1610. The minimum atomic E-state index is -5.22. The molecule has 266 valence electrons. The van der Waals surface area contributed by atoms with Gasteiger partial charge in [0.05, 0.1) is 25.4 Å². The van der Waals surface area contributed by atoms with Gasteiger partial charge in [0.25, 0.3) is 5.56 Å². The minimum absolute atomic E-state index is 0.0427. The molecule has 1 fully saturated rings. The average molecular weight is 716 g/mol. The molecule has 1 aromatic carbocycles. The maximum atomic E-state index is 12.5. The smallest absolute Gasteiger partial charge is 0.427 e. The van der Waals surface area contributed by atoms with Crippen LogP contribution in [-0.2, 0) is 38.6 Å². The van der Waals surface area contributed by atoms with E-state index in [1.54, 1.807) is 0 Å². The van der Waals surface area contributed by atoms with E-state index < -0.39 is 58.5 Å². The lowest BCUT2D eigenvalue weighted by molar-refractivity contribution is -0.134. The lowest BCUT2D eigenvalue weighted by atomic mass is 10.1. The van der Waals surface area contributed by atoms with E-state index >= 15 is 0 Å². The first-order valence-corrected chi connectivity index (χ1v) is 18.8. The molecule has 0 radical (unpaired) electrons. The molecule has 0 bridgehead atoms. The van der Waals surface area contributed by atoms with Crippen LogP contribution in [0.15, 0.2) is 45.2 Å². The van der Waals surface area contributed by atoms with Crippen molar-refractivity contribution < 1.29 is 46.5 Å². The summed E-state index contributed by atoms with van der Waals surface area (Å²) in [6.45, 7) is 2.43. The zero-order chi connectivity index (χ0) is 35.2. The summed E-state index contributed by atoms with van der Waals surface area (Å²) < 4.78 is 51.0. The van der Waals surface area contributed by atoms with Crippen LogP contribution < -0.4 is 16.0 Å². The molecule has 19 heteroatoms. The van der Waals surface area contributed by atoms with E-state index in [2.05, 4.69) is 26.2 Å². The number of aryl methyl sites for hydroxylation is 1. The molecule has 3 N–H and O–H groups in total. The highest BCUT2D eigenvalue weighted by Gasteiger charge is 2.40. The second-order valence-corrected chi connectivity index (χ2v) is 14.4. The van der Waals surface area contributed by atoms with E-state index in [0.717, 1.165) is 30.3 Å². The standard InChI is InChI=1S/C29H43N5O12P2/c1-3-4-5-6-7-8-9-10-11-12-27(35)44-23-15-13-22(14-16-23)19-42-47(38,39)46-48(40,41)43-20-25-24(32-33-30)17-26(45-25)34-18-21(2)28(36)31-29(34)37/h13-16,18,24-26H,3-12,17,19-20H2,1-2H3,(H,38,39)(H,40,41)(H,31,36,37)/t24?,25-,26-/m1/s1. The summed E-state index contributed by atoms with van der Waals surface area (Å²) in [7, 11) is -10.4. The number of rotatable bonds is 21. The number of unbranched alkanes of at least 4 members (excludes halogenated alkanes) is 8. The predicted molar refractivity (Wildman–Crippen MR) is 173 cm³/mol. The van der Waals surface area contributed by atoms with Crippen molar-refractivity contribution in [3.8, 4) is 5.75 Å². The van der Waals surface area contributed by atoms with Crippen LogP contribution >= 0.6 is 15.6 Å². The van der Waals surface area contributed by atoms with E-state index in [4.69, 9.17) is 24.1 Å². The van der Waals surface area contributed by atoms with Crippen LogP contribution in [0, 0.1) is 6.92 Å². The van der Waals surface area contributed by atoms with Gasteiger partial charge in [0, 0.05) is 29.5 Å². The summed E-state index contributed by atoms with van der Waals surface area (Å²) in [6, 6.07) is 4.96. The quantitative estimate of drug-likeness (QED) is 0.0253. The third-order valence-electron chi connectivity index (χ3n) is 7.50. The Balaban J connectivity index is 1.42. The number of esters is 1. The van der Waals surface area contributed by atoms with E-state index in [1.807, 2.05) is 0 Å². The number of carbonyl (C=O) groups excluding carboxylic acids is 1. The topological polar surface area (TPSA) is 241 Å². The molecule has 1 aromatic heterocycles. The second kappa shape index (κ2) is 19.2. The van der Waals surface area contributed by atoms with Crippen molar-refractivity contribution in [1.82, 2.24) is 9.55 Å². The SMILES string of the molecule is CCCCCCCCCCCC(=O)Oc1ccc(COP(=O)(O)OP(=O)(O)OC[C@H]2O[C@@H](n3cc(C)c(=O)[nH]c3=O)CC2N=[N+]=[N-])cc1. The fraction of sp³-hybridized carbons (Fsp3) is 0.621. The highest BCUT2D eigenvalue weighted by Crippen LogP contribution is 2.61. The third kappa shape index (κ3) is 13.4. The summed E-state index contributed by atoms with van der Waals surface area (Å²) in [6.07, 6.45) is 9.51. The summed E-state index contributed by atoms with van der Waals surface area (Å²) >= 11 is 0. The van der Waals surface area contributed by atoms with E-state index in [9.17, 15) is 33.3 Å². The lowest BCUT2D eigenvalue weighted by Crippen LogP contribution is -2.33. The maximum absolute atomic E-state index is 12.5. The number of hydrogen-bond donors (Lipinski definition) is 3. The number of nitrogens with zero attached hydrogens (tertiary/aromatic N) is 4. The molecule has 17 nitrogen and oxygen atoms in total. The molecule has 48 heavy (non-hydrogen) atoms. The fourth-order valence-corrected chi connectivity index (χ4v) is 7.01. The Labute approximate surface area is 277 Å². The summed E-state index contributed by atoms with van der Waals surface area (Å²) in [5.74, 6) is -0.0778. The fourth-order valence-electron chi connectivity index (χ4n) is 4.94. The van der Waals surface area contributed by atoms with Gasteiger partial charge in [-0.3, -0.25) is 28.2 Å². The Morgan fingerprint density at radius 3 is 2.31 bits per heavy atom. The van der Waals surface area contributed by atoms with Crippen molar-refractivity contribution in [3.05, 3.63) is 72.9 Å². The number of phosphoric acid groups is 2. The molecule has 5 atom stereocenters. The minimum Gasteiger partial charge on any atom is -0.427 e. The molecule has 1 saturated heterocycles. The van der Waals surface area contributed by atoms with Crippen molar-refractivity contribution in [3.63, 3.8) is 0 Å². The number of benzene rings is 1. The molecule has 1 aliphatic rings. The van der Waals surface area contributed by atoms with Gasteiger partial charge < -0.3 is 19.3 Å². The molecule has 2 heterocycles. The Kier molecular flexibility index (Phi) is 15.7. The van der Waals surface area contributed by atoms with Gasteiger partial charge in [0.1, 0.15) is 12.0 Å². The number of ether oxygens (including phenoxy) is 2. The van der Waals surface area contributed by atoms with Crippen molar-refractivity contribution in [1.29, 1.82) is 0 Å². The number of nitrogens with one attached hydrogen (secondary N) is 1. The summed E-state index contributed by atoms with van der Waals surface area (Å²) in [5.41, 5.74) is 8.12. The number of aromatic amines is 1. The zero-order valence-corrected chi connectivity index (χ0v) is 28.8. The molecule has 3 rings (SSSR count). The van der Waals surface area contributed by atoms with Gasteiger partial charge in [0.15, 0.2) is 0 Å². The molecule has 0 aliphatic carbocycles. The lowest BCUT2D eigenvalue weighted by Gasteiger charge is -2.20. The molecule has 0 saturated carbocycles. The predicted octanol–water partition coefficient (Wildman–Crippen LogP) is 6.09. The number of phosphoric ester groups is 2. The monoisotopic (exact) mass is 715 g/mol. The van der Waals surface area contributed by atoms with Gasteiger partial charge in [-0.2, -0.15) is 4.31 Å². The van der Waals surface area contributed by atoms with E-state index in [1.165, 1.54) is 69.5 Å². The number of H-pyrrole nitrogens is 1. The van der Waals surface area contributed by atoms with Crippen LogP contribution in [-0.4, -0.2) is 44.1 Å². The first-order valence-electron chi connectivity index (χ1n) is 15.8. The van der Waals surface area contributed by atoms with Crippen LogP contribution in [0.1, 0.15) is 94.9 Å². The Morgan fingerprint density at radius 1 is 1.04 bits per heavy atom. The van der Waals surface area contributed by atoms with Gasteiger partial charge in [-0.15, -0.1) is 0 Å². The van der Waals surface area contributed by atoms with Gasteiger partial charge in [-0.1, -0.05) is 75.5 Å². The van der Waals surface area contributed by atoms with Gasteiger partial charge in [-0.25, -0.2) is 13.9 Å². The highest BCUT2D eigenvalue weighted by atomic mass is 31.3. The van der Waals surface area contributed by atoms with E-state index in [-0.39, 0.29) is 23.7 Å². The summed E-state index contributed by atoms with van der Waals surface area (Å²) in [4.78, 5) is 61.0. The van der Waals surface area contributed by atoms with Gasteiger partial charge in [-0.05, 0) is 36.6 Å². The number of azide groups is 1. The third-order valence-corrected chi connectivity index (χ3v) is 10.1. The first kappa shape index (κ1) is 39.3. The number of carbonyl (C=O) groups is 1. The van der Waals surface area contributed by atoms with Gasteiger partial charge >= 0.3 is 27.3 Å². The number of hydrogen-bond acceptors (Lipinski definition) is 11. The summed E-state index contributed by atoms with van der Waals surface area (Å²) in [5, 5.41) is 3.56. The molecule has 0 amide bonds. The van der Waals surface area contributed by atoms with Crippen molar-refractivity contribution in [2.45, 2.75) is 109 Å². The van der Waals surface area contributed by atoms with Crippen LogP contribution in [0.2, 0.25) is 0 Å². The van der Waals surface area contributed by atoms with Crippen molar-refractivity contribution in [2.75, 3.05) is 6.61 Å².